The Hall–Kier alpha value is -2.57. The molecule has 0 radical (unpaired) electrons. The number of ether oxygens (including phenoxy) is 2. The lowest BCUT2D eigenvalue weighted by atomic mass is 10.2. The highest BCUT2D eigenvalue weighted by molar-refractivity contribution is 5.89. The van der Waals surface area contributed by atoms with E-state index in [1.54, 1.807) is 19.2 Å². The zero-order valence-corrected chi connectivity index (χ0v) is 12.3. The molecule has 1 heterocycles. The van der Waals surface area contributed by atoms with Crippen molar-refractivity contribution in [3.05, 3.63) is 29.8 Å². The molecule has 2 N–H and O–H groups in total. The molecule has 1 aliphatic heterocycles. The summed E-state index contributed by atoms with van der Waals surface area (Å²) in [5.74, 6) is -0.410. The largest absolute Gasteiger partial charge is 0.497 e. The fourth-order valence-electron chi connectivity index (χ4n) is 2.02. The van der Waals surface area contributed by atoms with Crippen molar-refractivity contribution in [2.24, 2.45) is 0 Å². The van der Waals surface area contributed by atoms with Crippen LogP contribution in [0.25, 0.3) is 0 Å². The molecule has 0 aromatic heterocycles. The van der Waals surface area contributed by atoms with Crippen molar-refractivity contribution in [1.82, 2.24) is 10.6 Å². The Kier molecular flexibility index (Phi) is 5.35. The molecule has 1 aromatic carbocycles. The number of benzene rings is 1. The van der Waals surface area contributed by atoms with Gasteiger partial charge in [-0.2, -0.15) is 0 Å². The average molecular weight is 306 g/mol. The van der Waals surface area contributed by atoms with E-state index < -0.39 is 17.9 Å². The first-order valence-electron chi connectivity index (χ1n) is 6.94. The molecule has 7 nitrogen and oxygen atoms in total. The molecule has 2 amide bonds. The highest BCUT2D eigenvalue weighted by Crippen LogP contribution is 2.11. The van der Waals surface area contributed by atoms with Crippen molar-refractivity contribution in [2.45, 2.75) is 25.4 Å². The third kappa shape index (κ3) is 4.47. The van der Waals surface area contributed by atoms with E-state index in [1.165, 1.54) is 0 Å². The molecule has 0 unspecified atom stereocenters. The molecule has 1 aromatic rings. The first kappa shape index (κ1) is 15.8. The quantitative estimate of drug-likeness (QED) is 0.729. The van der Waals surface area contributed by atoms with Crippen molar-refractivity contribution < 1.29 is 23.9 Å². The number of hydrogen-bond donors (Lipinski definition) is 2. The topological polar surface area (TPSA) is 93.7 Å². The van der Waals surface area contributed by atoms with Gasteiger partial charge in [0.2, 0.25) is 5.91 Å². The van der Waals surface area contributed by atoms with Crippen LogP contribution < -0.4 is 15.4 Å². The number of carbonyl (C=O) groups is 3. The SMILES string of the molecule is COc1ccc(CNC(=O)COC(=O)[C@@H]2CCC(=O)N2)cc1. The highest BCUT2D eigenvalue weighted by Gasteiger charge is 2.28. The molecule has 22 heavy (non-hydrogen) atoms. The zero-order valence-electron chi connectivity index (χ0n) is 12.3. The molecule has 1 atom stereocenters. The molecule has 0 bridgehead atoms. The van der Waals surface area contributed by atoms with Crippen LogP contribution in [0.1, 0.15) is 18.4 Å². The van der Waals surface area contributed by atoms with Crippen molar-refractivity contribution in [1.29, 1.82) is 0 Å². The Balaban J connectivity index is 1.69. The third-order valence-corrected chi connectivity index (χ3v) is 3.27. The summed E-state index contributed by atoms with van der Waals surface area (Å²) in [6.07, 6.45) is 0.717. The number of carbonyl (C=O) groups excluding carboxylic acids is 3. The van der Waals surface area contributed by atoms with Gasteiger partial charge >= 0.3 is 5.97 Å². The molecule has 0 saturated carbocycles. The summed E-state index contributed by atoms with van der Waals surface area (Å²) in [5, 5.41) is 5.14. The van der Waals surface area contributed by atoms with Crippen LogP contribution in [0.5, 0.6) is 5.75 Å². The predicted molar refractivity (Wildman–Crippen MR) is 77.0 cm³/mol. The zero-order chi connectivity index (χ0) is 15.9. The van der Waals surface area contributed by atoms with Crippen LogP contribution in [0.15, 0.2) is 24.3 Å². The molecule has 1 fully saturated rings. The number of rotatable bonds is 6. The second kappa shape index (κ2) is 7.44. The first-order chi connectivity index (χ1) is 10.6. The molecule has 1 saturated heterocycles. The maximum atomic E-state index is 11.6. The van der Waals surface area contributed by atoms with Crippen LogP contribution in [0.4, 0.5) is 0 Å². The van der Waals surface area contributed by atoms with E-state index in [2.05, 4.69) is 10.6 Å². The summed E-state index contributed by atoms with van der Waals surface area (Å²) < 4.78 is 9.92. The first-order valence-corrected chi connectivity index (χ1v) is 6.94. The molecule has 118 valence electrons. The summed E-state index contributed by atoms with van der Waals surface area (Å²) in [4.78, 5) is 34.2. The van der Waals surface area contributed by atoms with Gasteiger partial charge in [-0.15, -0.1) is 0 Å². The minimum absolute atomic E-state index is 0.175. The van der Waals surface area contributed by atoms with E-state index in [4.69, 9.17) is 9.47 Å². The lowest BCUT2D eigenvalue weighted by molar-refractivity contribution is -0.150. The van der Waals surface area contributed by atoms with Crippen LogP contribution in [0.2, 0.25) is 0 Å². The summed E-state index contributed by atoms with van der Waals surface area (Å²) in [6.45, 7) is -0.0259. The minimum atomic E-state index is -0.637. The van der Waals surface area contributed by atoms with Gasteiger partial charge in [0.15, 0.2) is 6.61 Å². The Bertz CT molecular complexity index is 556. The van der Waals surface area contributed by atoms with Gasteiger partial charge in [-0.25, -0.2) is 4.79 Å². The standard InChI is InChI=1S/C15H18N2O5/c1-21-11-4-2-10(3-5-11)8-16-14(19)9-22-15(20)12-6-7-13(18)17-12/h2-5,12H,6-9H2,1H3,(H,16,19)(H,17,18)/t12-/m0/s1. The van der Waals surface area contributed by atoms with Crippen molar-refractivity contribution in [3.63, 3.8) is 0 Å². The lowest BCUT2D eigenvalue weighted by Gasteiger charge is -2.10. The van der Waals surface area contributed by atoms with Crippen LogP contribution in [-0.4, -0.2) is 37.5 Å². The van der Waals surface area contributed by atoms with E-state index in [0.717, 1.165) is 11.3 Å². The van der Waals surface area contributed by atoms with Crippen LogP contribution in [0.3, 0.4) is 0 Å². The van der Waals surface area contributed by atoms with Gasteiger partial charge in [0, 0.05) is 13.0 Å². The van der Waals surface area contributed by atoms with Gasteiger partial charge < -0.3 is 20.1 Å². The molecular weight excluding hydrogens is 288 g/mol. The van der Waals surface area contributed by atoms with E-state index in [9.17, 15) is 14.4 Å². The Morgan fingerprint density at radius 2 is 2.05 bits per heavy atom. The van der Waals surface area contributed by atoms with Gasteiger partial charge in [-0.3, -0.25) is 9.59 Å². The monoisotopic (exact) mass is 306 g/mol. The van der Waals surface area contributed by atoms with Gasteiger partial charge in [-0.05, 0) is 24.1 Å². The predicted octanol–water partition coefficient (Wildman–Crippen LogP) is 0.133. The minimum Gasteiger partial charge on any atom is -0.497 e. The maximum absolute atomic E-state index is 11.6. The van der Waals surface area contributed by atoms with Crippen LogP contribution >= 0.6 is 0 Å². The maximum Gasteiger partial charge on any atom is 0.329 e. The van der Waals surface area contributed by atoms with Crippen molar-refractivity contribution >= 4 is 17.8 Å². The van der Waals surface area contributed by atoms with E-state index >= 15 is 0 Å². The van der Waals surface area contributed by atoms with E-state index in [-0.39, 0.29) is 12.5 Å². The van der Waals surface area contributed by atoms with Gasteiger partial charge in [0.1, 0.15) is 11.8 Å². The normalized spacial score (nSPS) is 16.8. The second-order valence-corrected chi connectivity index (χ2v) is 4.89. The Morgan fingerprint density at radius 1 is 1.32 bits per heavy atom. The summed E-state index contributed by atoms with van der Waals surface area (Å²) in [7, 11) is 1.58. The second-order valence-electron chi connectivity index (χ2n) is 4.89. The molecule has 7 heteroatoms. The smallest absolute Gasteiger partial charge is 0.329 e. The van der Waals surface area contributed by atoms with Gasteiger partial charge in [0.05, 0.1) is 7.11 Å². The average Bonchev–Trinajstić information content (AvgIpc) is 2.97. The van der Waals surface area contributed by atoms with Crippen LogP contribution in [-0.2, 0) is 25.7 Å². The Morgan fingerprint density at radius 3 is 2.64 bits per heavy atom. The van der Waals surface area contributed by atoms with Gasteiger partial charge in [0.25, 0.3) is 5.91 Å². The third-order valence-electron chi connectivity index (χ3n) is 3.27. The number of amides is 2. The van der Waals surface area contributed by atoms with Crippen molar-refractivity contribution in [2.75, 3.05) is 13.7 Å². The fraction of sp³-hybridized carbons (Fsp3) is 0.400. The van der Waals surface area contributed by atoms with E-state index in [1.807, 2.05) is 12.1 Å². The fourth-order valence-corrected chi connectivity index (χ4v) is 2.02. The molecule has 0 aliphatic carbocycles. The molecule has 0 spiro atoms. The summed E-state index contributed by atoms with van der Waals surface area (Å²) in [6, 6.07) is 6.62. The van der Waals surface area contributed by atoms with Crippen LogP contribution in [0, 0.1) is 0 Å². The summed E-state index contributed by atoms with van der Waals surface area (Å²) in [5.41, 5.74) is 0.906. The van der Waals surface area contributed by atoms with Crippen molar-refractivity contribution in [3.8, 4) is 5.75 Å². The van der Waals surface area contributed by atoms with E-state index in [0.29, 0.717) is 19.4 Å². The molecule has 1 aliphatic rings. The Labute approximate surface area is 128 Å². The number of hydrogen-bond acceptors (Lipinski definition) is 5. The van der Waals surface area contributed by atoms with Gasteiger partial charge in [-0.1, -0.05) is 12.1 Å². The molecular formula is C15H18N2O5. The highest BCUT2D eigenvalue weighted by atomic mass is 16.5. The lowest BCUT2D eigenvalue weighted by Crippen LogP contribution is -2.37. The number of nitrogens with one attached hydrogen (secondary N) is 2. The number of esters is 1. The molecule has 2 rings (SSSR count). The number of methoxy groups -OCH3 is 1. The summed E-state index contributed by atoms with van der Waals surface area (Å²) >= 11 is 0.